The predicted molar refractivity (Wildman–Crippen MR) is 126 cm³/mol. The van der Waals surface area contributed by atoms with Crippen LogP contribution in [-0.2, 0) is 26.1 Å². The van der Waals surface area contributed by atoms with Gasteiger partial charge in [-0.2, -0.15) is 9.57 Å². The Bertz CT molecular complexity index is 1340. The van der Waals surface area contributed by atoms with E-state index >= 15 is 0 Å². The summed E-state index contributed by atoms with van der Waals surface area (Å²) < 4.78 is 51.6. The fourth-order valence-electron chi connectivity index (χ4n) is 3.36. The molecular formula is C25H23FN2O6S. The molecule has 0 saturated carbocycles. The molecular weight excluding hydrogens is 475 g/mol. The number of rotatable bonds is 11. The molecule has 1 N–H and O–H groups in total. The van der Waals surface area contributed by atoms with Gasteiger partial charge in [-0.25, -0.2) is 17.6 Å². The average molecular weight is 499 g/mol. The summed E-state index contributed by atoms with van der Waals surface area (Å²) in [6.45, 7) is -0.416. The number of benzene rings is 3. The van der Waals surface area contributed by atoms with Crippen molar-refractivity contribution in [2.45, 2.75) is 11.4 Å². The Morgan fingerprint density at radius 3 is 2.51 bits per heavy atom. The van der Waals surface area contributed by atoms with E-state index < -0.39 is 28.4 Å². The van der Waals surface area contributed by atoms with Gasteiger partial charge in [-0.1, -0.05) is 18.2 Å². The molecule has 0 saturated heterocycles. The third-order valence-electron chi connectivity index (χ3n) is 5.05. The normalized spacial score (nSPS) is 11.3. The highest BCUT2D eigenvalue weighted by atomic mass is 32.2. The van der Waals surface area contributed by atoms with Crippen molar-refractivity contribution < 1.29 is 32.2 Å². The smallest absolute Gasteiger partial charge is 0.341 e. The van der Waals surface area contributed by atoms with Crippen LogP contribution in [0.1, 0.15) is 11.1 Å². The van der Waals surface area contributed by atoms with Crippen LogP contribution in [-0.4, -0.2) is 50.7 Å². The van der Waals surface area contributed by atoms with Crippen LogP contribution in [0.5, 0.6) is 5.75 Å². The van der Waals surface area contributed by atoms with E-state index in [1.807, 2.05) is 0 Å². The summed E-state index contributed by atoms with van der Waals surface area (Å²) in [5, 5.41) is 18.3. The molecule has 0 atom stereocenters. The van der Waals surface area contributed by atoms with Crippen LogP contribution >= 0.6 is 0 Å². The number of carbonyl (C=O) groups is 1. The molecule has 182 valence electrons. The van der Waals surface area contributed by atoms with Crippen LogP contribution in [0, 0.1) is 17.1 Å². The van der Waals surface area contributed by atoms with Gasteiger partial charge in [0.25, 0.3) is 0 Å². The lowest BCUT2D eigenvalue weighted by Crippen LogP contribution is -2.33. The minimum absolute atomic E-state index is 0.0345. The molecule has 0 aromatic heterocycles. The maximum absolute atomic E-state index is 13.3. The first-order valence-corrected chi connectivity index (χ1v) is 11.9. The number of nitriles is 1. The molecule has 0 aliphatic heterocycles. The third kappa shape index (κ3) is 6.64. The van der Waals surface area contributed by atoms with Crippen molar-refractivity contribution in [3.63, 3.8) is 0 Å². The summed E-state index contributed by atoms with van der Waals surface area (Å²) in [6.07, 6.45) is 0. The van der Waals surface area contributed by atoms with E-state index in [0.29, 0.717) is 22.3 Å². The fraction of sp³-hybridized carbons (Fsp3) is 0.200. The SMILES string of the molecule is COCCN(Cc1ccc(OCC(=O)O)c(-c2cccc(C#N)c2)c1)S(=O)(=O)c1ccc(F)cc1. The van der Waals surface area contributed by atoms with Gasteiger partial charge in [0.15, 0.2) is 6.61 Å². The molecule has 0 heterocycles. The minimum atomic E-state index is -3.97. The number of nitrogens with zero attached hydrogens (tertiary/aromatic N) is 2. The van der Waals surface area contributed by atoms with Crippen molar-refractivity contribution in [2.75, 3.05) is 26.9 Å². The largest absolute Gasteiger partial charge is 0.481 e. The summed E-state index contributed by atoms with van der Waals surface area (Å²) >= 11 is 0. The molecule has 0 unspecified atom stereocenters. The molecule has 0 aliphatic rings. The van der Waals surface area contributed by atoms with Gasteiger partial charge in [0, 0.05) is 25.8 Å². The Morgan fingerprint density at radius 2 is 1.86 bits per heavy atom. The highest BCUT2D eigenvalue weighted by Crippen LogP contribution is 2.32. The van der Waals surface area contributed by atoms with Gasteiger partial charge < -0.3 is 14.6 Å². The highest BCUT2D eigenvalue weighted by molar-refractivity contribution is 7.89. The Morgan fingerprint density at radius 1 is 1.11 bits per heavy atom. The maximum Gasteiger partial charge on any atom is 0.341 e. The summed E-state index contributed by atoms with van der Waals surface area (Å²) in [4.78, 5) is 11.0. The van der Waals surface area contributed by atoms with Crippen LogP contribution in [0.2, 0.25) is 0 Å². The number of halogens is 1. The van der Waals surface area contributed by atoms with Crippen LogP contribution in [0.4, 0.5) is 4.39 Å². The molecule has 0 fully saturated rings. The van der Waals surface area contributed by atoms with E-state index in [-0.39, 0.29) is 30.3 Å². The van der Waals surface area contributed by atoms with E-state index in [4.69, 9.17) is 14.6 Å². The predicted octanol–water partition coefficient (Wildman–Crippen LogP) is 3.67. The van der Waals surface area contributed by atoms with Crippen LogP contribution in [0.3, 0.4) is 0 Å². The van der Waals surface area contributed by atoms with E-state index in [0.717, 1.165) is 12.1 Å². The van der Waals surface area contributed by atoms with Crippen molar-refractivity contribution in [1.82, 2.24) is 4.31 Å². The second-order valence-electron chi connectivity index (χ2n) is 7.49. The molecule has 0 bridgehead atoms. The monoisotopic (exact) mass is 498 g/mol. The van der Waals surface area contributed by atoms with Crippen LogP contribution in [0.25, 0.3) is 11.1 Å². The lowest BCUT2D eigenvalue weighted by Gasteiger charge is -2.23. The third-order valence-corrected chi connectivity index (χ3v) is 6.91. The molecule has 3 aromatic rings. The van der Waals surface area contributed by atoms with Gasteiger partial charge >= 0.3 is 5.97 Å². The van der Waals surface area contributed by atoms with Crippen molar-refractivity contribution in [2.24, 2.45) is 0 Å². The second-order valence-corrected chi connectivity index (χ2v) is 9.43. The number of carboxylic acids is 1. The number of sulfonamides is 1. The Kier molecular flexibility index (Phi) is 8.54. The molecule has 0 aliphatic carbocycles. The van der Waals surface area contributed by atoms with Crippen LogP contribution in [0.15, 0.2) is 71.6 Å². The summed E-state index contributed by atoms with van der Waals surface area (Å²) in [6, 6.07) is 18.2. The maximum atomic E-state index is 13.3. The average Bonchev–Trinajstić information content (AvgIpc) is 2.85. The quantitative estimate of drug-likeness (QED) is 0.429. The molecule has 3 aromatic carbocycles. The zero-order valence-electron chi connectivity index (χ0n) is 18.8. The molecule has 3 rings (SSSR count). The Balaban J connectivity index is 2.01. The lowest BCUT2D eigenvalue weighted by molar-refractivity contribution is -0.139. The molecule has 0 spiro atoms. The van der Waals surface area contributed by atoms with Crippen molar-refractivity contribution in [3.8, 4) is 22.9 Å². The second kappa shape index (κ2) is 11.6. The zero-order valence-corrected chi connectivity index (χ0v) is 19.7. The van der Waals surface area contributed by atoms with Gasteiger partial charge in [0.2, 0.25) is 10.0 Å². The standard InChI is InChI=1S/C25H23FN2O6S/c1-33-12-11-28(35(31,32)22-8-6-21(26)7-9-22)16-19-5-10-24(34-17-25(29)30)23(14-19)20-4-2-3-18(13-20)15-27/h2-10,13-14H,11-12,16-17H2,1H3,(H,29,30). The van der Waals surface area contributed by atoms with Gasteiger partial charge in [-0.05, 0) is 59.7 Å². The number of carboxylic acid groups (broad SMARTS) is 1. The fourth-order valence-corrected chi connectivity index (χ4v) is 4.77. The first kappa shape index (κ1) is 25.8. The minimum Gasteiger partial charge on any atom is -0.481 e. The topological polar surface area (TPSA) is 117 Å². The summed E-state index contributed by atoms with van der Waals surface area (Å²) in [5.41, 5.74) is 2.10. The van der Waals surface area contributed by atoms with Gasteiger partial charge in [0.05, 0.1) is 23.1 Å². The zero-order chi connectivity index (χ0) is 25.4. The molecule has 0 amide bonds. The van der Waals surface area contributed by atoms with Gasteiger partial charge in [-0.3, -0.25) is 0 Å². The number of aliphatic carboxylic acids is 1. The Hall–Kier alpha value is -3.78. The van der Waals surface area contributed by atoms with E-state index in [9.17, 15) is 22.9 Å². The number of hydrogen-bond donors (Lipinski definition) is 1. The number of ether oxygens (including phenoxy) is 2. The first-order chi connectivity index (χ1) is 16.7. The van der Waals surface area contributed by atoms with Gasteiger partial charge in [-0.15, -0.1) is 0 Å². The number of methoxy groups -OCH3 is 1. The van der Waals surface area contributed by atoms with Crippen molar-refractivity contribution >= 4 is 16.0 Å². The van der Waals surface area contributed by atoms with Crippen molar-refractivity contribution in [1.29, 1.82) is 5.26 Å². The molecule has 0 radical (unpaired) electrons. The Labute approximate surface area is 202 Å². The molecule has 8 nitrogen and oxygen atoms in total. The van der Waals surface area contributed by atoms with Crippen LogP contribution < -0.4 is 4.74 Å². The lowest BCUT2D eigenvalue weighted by atomic mass is 10.00. The summed E-state index contributed by atoms with van der Waals surface area (Å²) in [5.74, 6) is -1.42. The summed E-state index contributed by atoms with van der Waals surface area (Å²) in [7, 11) is -2.52. The van der Waals surface area contributed by atoms with E-state index in [1.54, 1.807) is 42.5 Å². The molecule has 35 heavy (non-hydrogen) atoms. The van der Waals surface area contributed by atoms with Crippen molar-refractivity contribution in [3.05, 3.63) is 83.7 Å². The highest BCUT2D eigenvalue weighted by Gasteiger charge is 2.25. The van der Waals surface area contributed by atoms with E-state index in [1.165, 1.54) is 23.5 Å². The first-order valence-electron chi connectivity index (χ1n) is 10.5. The molecule has 10 heteroatoms. The van der Waals surface area contributed by atoms with E-state index in [2.05, 4.69) is 6.07 Å². The number of hydrogen-bond acceptors (Lipinski definition) is 6. The van der Waals surface area contributed by atoms with Gasteiger partial charge in [0.1, 0.15) is 11.6 Å².